The number of nitrogens with one attached hydrogen (secondary N) is 1. The van der Waals surface area contributed by atoms with Gasteiger partial charge in [-0.25, -0.2) is 4.39 Å². The first-order valence-corrected chi connectivity index (χ1v) is 13.0. The Morgan fingerprint density at radius 1 is 1.16 bits per heavy atom. The van der Waals surface area contributed by atoms with E-state index >= 15 is 0 Å². The molecule has 194 valence electrons. The number of benzene rings is 2. The lowest BCUT2D eigenvalue weighted by Gasteiger charge is -2.32. The Morgan fingerprint density at radius 3 is 2.49 bits per heavy atom. The third-order valence-electron chi connectivity index (χ3n) is 6.59. The number of amides is 3. The van der Waals surface area contributed by atoms with E-state index in [0.29, 0.717) is 12.0 Å². The molecule has 0 bridgehead atoms. The molecule has 3 amide bonds. The zero-order chi connectivity index (χ0) is 26.5. The quantitative estimate of drug-likeness (QED) is 0.393. The van der Waals surface area contributed by atoms with Gasteiger partial charge >= 0.3 is 0 Å². The third-order valence-corrected chi connectivity index (χ3v) is 7.44. The molecule has 1 aliphatic carbocycles. The van der Waals surface area contributed by atoms with Crippen LogP contribution in [-0.4, -0.2) is 39.6 Å². The van der Waals surface area contributed by atoms with Gasteiger partial charge < -0.3 is 21.7 Å². The molecule has 0 radical (unpaired) electrons. The highest BCUT2D eigenvalue weighted by Gasteiger charge is 2.35. The summed E-state index contributed by atoms with van der Waals surface area (Å²) in [4.78, 5) is 40.8. The summed E-state index contributed by atoms with van der Waals surface area (Å²) >= 11 is 0.766. The molecule has 0 aliphatic heterocycles. The van der Waals surface area contributed by atoms with E-state index in [2.05, 4.69) is 9.69 Å². The predicted molar refractivity (Wildman–Crippen MR) is 141 cm³/mol. The molecule has 1 heterocycles. The fraction of sp³-hybridized carbons (Fsp3) is 0.333. The first-order valence-electron chi connectivity index (χ1n) is 12.2. The smallest absolute Gasteiger partial charge is 0.270 e. The number of rotatable bonds is 9. The van der Waals surface area contributed by atoms with Crippen molar-refractivity contribution in [3.05, 3.63) is 81.6 Å². The highest BCUT2D eigenvalue weighted by atomic mass is 32.1. The average molecular weight is 524 g/mol. The number of primary amides is 1. The van der Waals surface area contributed by atoms with Gasteiger partial charge in [0.25, 0.3) is 11.8 Å². The predicted octanol–water partition coefficient (Wildman–Crippen LogP) is 3.76. The molecule has 8 nitrogen and oxygen atoms in total. The molecule has 2 aromatic carbocycles. The average Bonchev–Trinajstić information content (AvgIpc) is 3.51. The van der Waals surface area contributed by atoms with E-state index in [-0.39, 0.29) is 34.8 Å². The highest BCUT2D eigenvalue weighted by Crippen LogP contribution is 2.30. The Bertz CT molecular complexity index is 1290. The van der Waals surface area contributed by atoms with Crippen molar-refractivity contribution in [1.29, 1.82) is 0 Å². The van der Waals surface area contributed by atoms with Crippen molar-refractivity contribution in [3.63, 3.8) is 0 Å². The van der Waals surface area contributed by atoms with E-state index in [1.807, 2.05) is 31.2 Å². The van der Waals surface area contributed by atoms with Crippen LogP contribution in [0, 0.1) is 12.7 Å². The fourth-order valence-corrected chi connectivity index (χ4v) is 5.45. The molecular formula is C27H30FN5O3S. The Kier molecular flexibility index (Phi) is 8.17. The van der Waals surface area contributed by atoms with Crippen LogP contribution in [0.4, 0.5) is 10.1 Å². The molecule has 1 aliphatic rings. The van der Waals surface area contributed by atoms with Crippen LogP contribution in [-0.2, 0) is 11.2 Å². The molecule has 0 saturated heterocycles. The lowest BCUT2D eigenvalue weighted by molar-refractivity contribution is -0.126. The molecule has 4 rings (SSSR count). The molecule has 5 N–H and O–H groups in total. The van der Waals surface area contributed by atoms with Crippen LogP contribution in [0.3, 0.4) is 0 Å². The Labute approximate surface area is 219 Å². The van der Waals surface area contributed by atoms with E-state index in [4.69, 9.17) is 11.5 Å². The largest absolute Gasteiger partial charge is 0.395 e. The molecule has 1 aromatic heterocycles. The van der Waals surface area contributed by atoms with Crippen molar-refractivity contribution in [2.24, 2.45) is 5.73 Å². The molecule has 0 spiro atoms. The summed E-state index contributed by atoms with van der Waals surface area (Å²) < 4.78 is 17.8. The van der Waals surface area contributed by atoms with Crippen LogP contribution in [0.1, 0.15) is 68.6 Å². The number of nitrogens with zero attached hydrogens (tertiary/aromatic N) is 2. The van der Waals surface area contributed by atoms with Crippen LogP contribution in [0.25, 0.3) is 0 Å². The number of hydrogen-bond acceptors (Lipinski definition) is 6. The maximum atomic E-state index is 13.9. The van der Waals surface area contributed by atoms with Gasteiger partial charge in [-0.15, -0.1) is 0 Å². The van der Waals surface area contributed by atoms with E-state index < -0.39 is 23.7 Å². The van der Waals surface area contributed by atoms with E-state index in [1.54, 1.807) is 0 Å². The number of carbonyl (C=O) groups is 3. The van der Waals surface area contributed by atoms with E-state index in [9.17, 15) is 18.8 Å². The van der Waals surface area contributed by atoms with Crippen molar-refractivity contribution >= 4 is 34.9 Å². The fourth-order valence-electron chi connectivity index (χ4n) is 4.69. The Hall–Kier alpha value is -3.79. The van der Waals surface area contributed by atoms with Crippen LogP contribution < -0.4 is 16.8 Å². The highest BCUT2D eigenvalue weighted by molar-refractivity contribution is 7.09. The van der Waals surface area contributed by atoms with Crippen LogP contribution in [0.15, 0.2) is 48.5 Å². The van der Waals surface area contributed by atoms with Gasteiger partial charge in [-0.2, -0.15) is 4.37 Å². The second-order valence-corrected chi connectivity index (χ2v) is 10.1. The number of nitrogen functional groups attached to an aromatic ring is 1. The topological polar surface area (TPSA) is 131 Å². The van der Waals surface area contributed by atoms with Gasteiger partial charge in [-0.05, 0) is 61.0 Å². The third kappa shape index (κ3) is 6.14. The molecule has 1 fully saturated rings. The maximum Gasteiger partial charge on any atom is 0.270 e. The molecule has 10 heteroatoms. The number of hydrogen-bond donors (Lipinski definition) is 3. The van der Waals surface area contributed by atoms with E-state index in [1.165, 1.54) is 29.2 Å². The van der Waals surface area contributed by atoms with Crippen molar-refractivity contribution in [1.82, 2.24) is 14.6 Å². The summed E-state index contributed by atoms with van der Waals surface area (Å²) in [6.07, 6.45) is 4.24. The molecule has 37 heavy (non-hydrogen) atoms. The minimum absolute atomic E-state index is 0.0131. The first-order chi connectivity index (χ1) is 17.7. The van der Waals surface area contributed by atoms with Crippen LogP contribution >= 0.6 is 11.5 Å². The van der Waals surface area contributed by atoms with Crippen molar-refractivity contribution in [2.75, 3.05) is 12.3 Å². The van der Waals surface area contributed by atoms with Gasteiger partial charge in [0.2, 0.25) is 5.91 Å². The van der Waals surface area contributed by atoms with Crippen molar-refractivity contribution < 1.29 is 18.8 Å². The number of nitrogens with two attached hydrogens (primary N) is 2. The van der Waals surface area contributed by atoms with Crippen LogP contribution in [0.2, 0.25) is 0 Å². The zero-order valence-corrected chi connectivity index (χ0v) is 21.4. The van der Waals surface area contributed by atoms with Gasteiger partial charge in [0, 0.05) is 12.6 Å². The maximum absolute atomic E-state index is 13.9. The summed E-state index contributed by atoms with van der Waals surface area (Å²) in [5.74, 6) is -2.19. The summed E-state index contributed by atoms with van der Waals surface area (Å²) in [6.45, 7) is 2.15. The van der Waals surface area contributed by atoms with Gasteiger partial charge in [-0.1, -0.05) is 54.8 Å². The Morgan fingerprint density at radius 2 is 1.86 bits per heavy atom. The van der Waals surface area contributed by atoms with Crippen molar-refractivity contribution in [3.8, 4) is 0 Å². The summed E-state index contributed by atoms with van der Waals surface area (Å²) in [7, 11) is 0. The number of carbonyl (C=O) groups excluding carboxylic acids is 3. The molecule has 1 saturated carbocycles. The molecule has 1 atom stereocenters. The minimum atomic E-state index is -1.04. The first kappa shape index (κ1) is 26.3. The normalized spacial score (nSPS) is 14.3. The van der Waals surface area contributed by atoms with Crippen molar-refractivity contribution in [2.45, 2.75) is 51.1 Å². The lowest BCUT2D eigenvalue weighted by atomic mass is 10.0. The second kappa shape index (κ2) is 11.5. The summed E-state index contributed by atoms with van der Waals surface area (Å²) in [5.41, 5.74) is 13.7. The summed E-state index contributed by atoms with van der Waals surface area (Å²) in [5, 5.41) is 3.08. The van der Waals surface area contributed by atoms with Gasteiger partial charge in [0.15, 0.2) is 5.69 Å². The Balaban J connectivity index is 1.74. The summed E-state index contributed by atoms with van der Waals surface area (Å²) in [6, 6.07) is 12.4. The number of halogens is 1. The van der Waals surface area contributed by atoms with E-state index in [0.717, 1.165) is 48.3 Å². The van der Waals surface area contributed by atoms with Gasteiger partial charge in [-0.3, -0.25) is 14.4 Å². The number of aromatic nitrogens is 1. The minimum Gasteiger partial charge on any atom is -0.395 e. The monoisotopic (exact) mass is 523 g/mol. The standard InChI is InChI=1S/C27H30FN5O3S/c1-16-5-4-6-17(15-16)13-14-33(27(36)24-21(29)22(25(30)34)32-37-24)23(18-9-11-19(28)12-10-18)26(35)31-20-7-2-3-8-20/h4-6,9-12,15,20,23H,2-3,7-8,13-14,29H2,1H3,(H2,30,34)(H,31,35). The SMILES string of the molecule is Cc1cccc(CCN(C(=O)c2snc(C(N)=O)c2N)C(C(=O)NC2CCCC2)c2ccc(F)cc2)c1. The zero-order valence-electron chi connectivity index (χ0n) is 20.6. The molecular weight excluding hydrogens is 493 g/mol. The number of anilines is 1. The van der Waals surface area contributed by atoms with Crippen LogP contribution in [0.5, 0.6) is 0 Å². The lowest BCUT2D eigenvalue weighted by Crippen LogP contribution is -2.46. The van der Waals surface area contributed by atoms with Gasteiger partial charge in [0.05, 0.1) is 5.69 Å². The number of aryl methyl sites for hydroxylation is 1. The molecule has 3 aromatic rings. The molecule has 1 unspecified atom stereocenters. The second-order valence-electron chi connectivity index (χ2n) is 9.32. The van der Waals surface area contributed by atoms with Gasteiger partial charge in [0.1, 0.15) is 16.7 Å².